The molecule has 0 aliphatic carbocycles. The highest BCUT2D eigenvalue weighted by atomic mass is 16.7. The Morgan fingerprint density at radius 3 is 2.00 bits per heavy atom. The summed E-state index contributed by atoms with van der Waals surface area (Å²) in [6, 6.07) is 13.2. The molecule has 0 saturated carbocycles. The second kappa shape index (κ2) is 13.6. The van der Waals surface area contributed by atoms with Gasteiger partial charge in [0.1, 0.15) is 12.7 Å². The van der Waals surface area contributed by atoms with E-state index in [1.165, 1.54) is 0 Å². The number of carbonyl (C=O) groups is 4. The number of benzene rings is 2. The number of aliphatic hydroxyl groups is 1. The number of hydrogen-bond acceptors (Lipinski definition) is 11. The molecule has 11 nitrogen and oxygen atoms in total. The van der Waals surface area contributed by atoms with Gasteiger partial charge in [-0.2, -0.15) is 5.26 Å². The maximum atomic E-state index is 12.3. The van der Waals surface area contributed by atoms with Crippen molar-refractivity contribution in [1.82, 2.24) is 0 Å². The normalized spacial score (nSPS) is 23.3. The van der Waals surface area contributed by atoms with Crippen LogP contribution in [-0.2, 0) is 61.5 Å². The van der Waals surface area contributed by atoms with Crippen molar-refractivity contribution >= 4 is 23.9 Å². The first-order chi connectivity index (χ1) is 19.8. The topological polar surface area (TPSA) is 158 Å². The minimum absolute atomic E-state index is 0.110. The van der Waals surface area contributed by atoms with E-state index in [1.54, 1.807) is 19.1 Å². The molecule has 0 aromatic heterocycles. The van der Waals surface area contributed by atoms with Crippen LogP contribution in [0.2, 0.25) is 0 Å². The number of aryl methyl sites for hydroxylation is 2. The molecule has 0 radical (unpaired) electrons. The molecule has 0 spiro atoms. The molecule has 0 bridgehead atoms. The number of nitriles is 1. The van der Waals surface area contributed by atoms with Gasteiger partial charge in [-0.3, -0.25) is 19.2 Å². The zero-order chi connectivity index (χ0) is 31.2. The fourth-order valence-corrected chi connectivity index (χ4v) is 5.00. The lowest BCUT2D eigenvalue weighted by Crippen LogP contribution is -2.66. The van der Waals surface area contributed by atoms with E-state index in [2.05, 4.69) is 6.07 Å². The summed E-state index contributed by atoms with van der Waals surface area (Å²) in [4.78, 5) is 48.2. The van der Waals surface area contributed by atoms with Gasteiger partial charge in [0, 0.05) is 33.3 Å². The smallest absolute Gasteiger partial charge is 0.303 e. The van der Waals surface area contributed by atoms with E-state index in [0.717, 1.165) is 45.2 Å². The van der Waals surface area contributed by atoms with Crippen molar-refractivity contribution in [2.75, 3.05) is 6.61 Å². The Hall–Kier alpha value is -4.27. The monoisotopic (exact) mass is 581 g/mol. The molecule has 1 aliphatic heterocycles. The van der Waals surface area contributed by atoms with Crippen molar-refractivity contribution in [3.05, 3.63) is 69.8 Å². The maximum absolute atomic E-state index is 12.3. The summed E-state index contributed by atoms with van der Waals surface area (Å²) < 4.78 is 27.6. The highest BCUT2D eigenvalue weighted by Gasteiger charge is 2.60. The Morgan fingerprint density at radius 2 is 1.48 bits per heavy atom. The number of hydrogen-bond donors (Lipinski definition) is 1. The predicted molar refractivity (Wildman–Crippen MR) is 147 cm³/mol. The van der Waals surface area contributed by atoms with E-state index < -0.39 is 60.7 Å². The molecule has 1 fully saturated rings. The predicted octanol–water partition coefficient (Wildman–Crippen LogP) is 2.92. The summed E-state index contributed by atoms with van der Waals surface area (Å²) in [6.07, 6.45) is -4.86. The van der Waals surface area contributed by atoms with Crippen LogP contribution in [0.25, 0.3) is 0 Å². The van der Waals surface area contributed by atoms with Crippen LogP contribution in [0.1, 0.15) is 68.0 Å². The molecule has 0 unspecified atom stereocenters. The summed E-state index contributed by atoms with van der Waals surface area (Å²) in [6.45, 7) is 7.64. The summed E-state index contributed by atoms with van der Waals surface area (Å²) >= 11 is 0. The van der Waals surface area contributed by atoms with Crippen LogP contribution in [0.4, 0.5) is 0 Å². The number of ether oxygens (including phenoxy) is 5. The summed E-state index contributed by atoms with van der Waals surface area (Å²) in [5, 5.41) is 22.2. The molecule has 2 aromatic rings. The van der Waals surface area contributed by atoms with Gasteiger partial charge in [0.15, 0.2) is 12.2 Å². The molecule has 224 valence electrons. The lowest BCUT2D eigenvalue weighted by atomic mass is 9.83. The molecule has 3 rings (SSSR count). The van der Waals surface area contributed by atoms with Crippen LogP contribution >= 0.6 is 0 Å². The van der Waals surface area contributed by atoms with Crippen molar-refractivity contribution in [3.8, 4) is 6.07 Å². The van der Waals surface area contributed by atoms with E-state index in [9.17, 15) is 29.5 Å². The van der Waals surface area contributed by atoms with E-state index in [-0.39, 0.29) is 5.56 Å². The standard InChI is InChI=1S/C31H35NO10/c1-7-22-8-10-23(11-9-22)13-24-14-26(17(2)12-25(24)15-32)31(37)30(41-21(6)36)29(40-20(5)35)28(39-19(4)34)27(42-31)16-38-18(3)33/h8-12,14,27-30,37H,7,13,16H2,1-6H3/t27-,28-,29+,30-,31+/m1/s1. The molecule has 1 N–H and O–H groups in total. The van der Waals surface area contributed by atoms with Crippen LogP contribution in [0.3, 0.4) is 0 Å². The maximum Gasteiger partial charge on any atom is 0.303 e. The molecule has 1 aliphatic rings. The van der Waals surface area contributed by atoms with E-state index >= 15 is 0 Å². The highest BCUT2D eigenvalue weighted by molar-refractivity contribution is 5.69. The Labute approximate surface area is 244 Å². The third kappa shape index (κ3) is 7.51. The second-order valence-electron chi connectivity index (χ2n) is 10.1. The number of rotatable bonds is 9. The molecular formula is C31H35NO10. The first kappa shape index (κ1) is 32.2. The second-order valence-corrected chi connectivity index (χ2v) is 10.1. The number of esters is 4. The molecular weight excluding hydrogens is 546 g/mol. The van der Waals surface area contributed by atoms with Gasteiger partial charge >= 0.3 is 23.9 Å². The third-order valence-electron chi connectivity index (χ3n) is 6.84. The van der Waals surface area contributed by atoms with Gasteiger partial charge in [-0.25, -0.2) is 0 Å². The van der Waals surface area contributed by atoms with Crippen LogP contribution in [0, 0.1) is 18.3 Å². The molecule has 0 amide bonds. The Kier molecular flexibility index (Phi) is 10.4. The van der Waals surface area contributed by atoms with Crippen LogP contribution in [0.15, 0.2) is 36.4 Å². The van der Waals surface area contributed by atoms with E-state index in [4.69, 9.17) is 23.7 Å². The first-order valence-corrected chi connectivity index (χ1v) is 13.5. The molecule has 1 heterocycles. The van der Waals surface area contributed by atoms with E-state index in [1.807, 2.05) is 31.2 Å². The SMILES string of the molecule is CCc1ccc(Cc2cc([C@]3(O)O[C@H](COC(C)=O)[C@@H](OC(C)=O)[C@H](OC(C)=O)[C@H]3OC(C)=O)c(C)cc2C#N)cc1. The van der Waals surface area contributed by atoms with Gasteiger partial charge < -0.3 is 28.8 Å². The average molecular weight is 582 g/mol. The van der Waals surface area contributed by atoms with Gasteiger partial charge in [0.05, 0.1) is 11.6 Å². The van der Waals surface area contributed by atoms with Gasteiger partial charge in [0.2, 0.25) is 11.9 Å². The highest BCUT2D eigenvalue weighted by Crippen LogP contribution is 2.42. The summed E-state index contributed by atoms with van der Waals surface area (Å²) in [5.74, 6) is -5.63. The molecule has 5 atom stereocenters. The largest absolute Gasteiger partial charge is 0.463 e. The van der Waals surface area contributed by atoms with E-state index in [0.29, 0.717) is 23.1 Å². The quantitative estimate of drug-likeness (QED) is 0.343. The number of carbonyl (C=O) groups excluding carboxylic acids is 4. The zero-order valence-corrected chi connectivity index (χ0v) is 24.5. The van der Waals surface area contributed by atoms with Gasteiger partial charge in [-0.15, -0.1) is 0 Å². The van der Waals surface area contributed by atoms with Crippen LogP contribution in [0.5, 0.6) is 0 Å². The van der Waals surface area contributed by atoms with Crippen molar-refractivity contribution in [3.63, 3.8) is 0 Å². The van der Waals surface area contributed by atoms with Gasteiger partial charge in [0.25, 0.3) is 0 Å². The minimum Gasteiger partial charge on any atom is -0.463 e. The van der Waals surface area contributed by atoms with Crippen LogP contribution in [-0.4, -0.2) is 60.0 Å². The van der Waals surface area contributed by atoms with Crippen molar-refractivity contribution in [1.29, 1.82) is 5.26 Å². The molecule has 42 heavy (non-hydrogen) atoms. The Bertz CT molecular complexity index is 1380. The summed E-state index contributed by atoms with van der Waals surface area (Å²) in [7, 11) is 0. The molecule has 11 heteroatoms. The fraction of sp³-hybridized carbons (Fsp3) is 0.452. The lowest BCUT2D eigenvalue weighted by Gasteiger charge is -2.49. The fourth-order valence-electron chi connectivity index (χ4n) is 5.00. The van der Waals surface area contributed by atoms with Crippen molar-refractivity contribution in [2.24, 2.45) is 0 Å². The minimum atomic E-state index is -2.49. The zero-order valence-electron chi connectivity index (χ0n) is 24.5. The third-order valence-corrected chi connectivity index (χ3v) is 6.84. The van der Waals surface area contributed by atoms with Crippen molar-refractivity contribution in [2.45, 2.75) is 84.6 Å². The van der Waals surface area contributed by atoms with Gasteiger partial charge in [-0.1, -0.05) is 31.2 Å². The number of nitrogens with zero attached hydrogens (tertiary/aromatic N) is 1. The Balaban J connectivity index is 2.22. The Morgan fingerprint density at radius 1 is 0.905 bits per heavy atom. The summed E-state index contributed by atoms with van der Waals surface area (Å²) in [5.41, 5.74) is 3.46. The average Bonchev–Trinajstić information content (AvgIpc) is 2.91. The molecule has 2 aromatic carbocycles. The van der Waals surface area contributed by atoms with Gasteiger partial charge in [-0.05, 0) is 54.2 Å². The van der Waals surface area contributed by atoms with Crippen molar-refractivity contribution < 1.29 is 48.0 Å². The van der Waals surface area contributed by atoms with Crippen LogP contribution < -0.4 is 0 Å². The first-order valence-electron chi connectivity index (χ1n) is 13.5. The molecule has 1 saturated heterocycles. The lowest BCUT2D eigenvalue weighted by molar-refractivity contribution is -0.360.